The highest BCUT2D eigenvalue weighted by Crippen LogP contribution is 2.43. The summed E-state index contributed by atoms with van der Waals surface area (Å²) in [7, 11) is 1.28. The van der Waals surface area contributed by atoms with E-state index in [9.17, 15) is 9.59 Å². The Morgan fingerprint density at radius 1 is 1.37 bits per heavy atom. The molecule has 0 radical (unpaired) electrons. The van der Waals surface area contributed by atoms with Crippen molar-refractivity contribution in [2.45, 2.75) is 9.96 Å². The molecule has 5 nitrogen and oxygen atoms in total. The molecule has 1 N–H and O–H groups in total. The zero-order chi connectivity index (χ0) is 13.6. The van der Waals surface area contributed by atoms with Gasteiger partial charge in [-0.05, 0) is 23.9 Å². The van der Waals surface area contributed by atoms with Crippen LogP contribution in [0.1, 0.15) is 10.4 Å². The van der Waals surface area contributed by atoms with Crippen LogP contribution in [0.3, 0.4) is 0 Å². The third-order valence-electron chi connectivity index (χ3n) is 3.08. The molecule has 2 aromatic rings. The molecule has 3 rings (SSSR count). The number of benzene rings is 1. The molecule has 0 aliphatic carbocycles. The van der Waals surface area contributed by atoms with Gasteiger partial charge in [0.2, 0.25) is 11.2 Å². The maximum Gasteiger partial charge on any atom is 0.270 e. The third-order valence-corrected chi connectivity index (χ3v) is 4.32. The van der Waals surface area contributed by atoms with E-state index in [-0.39, 0.29) is 11.0 Å². The monoisotopic (exact) mass is 272 g/mol. The molecule has 0 spiro atoms. The van der Waals surface area contributed by atoms with Crippen LogP contribution in [-0.2, 0) is 4.74 Å². The highest BCUT2D eigenvalue weighted by atomic mass is 32.2. The number of fused-ring (bicyclic) bond motifs is 2. The number of hydrogen-bond acceptors (Lipinski definition) is 5. The summed E-state index contributed by atoms with van der Waals surface area (Å²) in [6, 6.07) is 8.75. The van der Waals surface area contributed by atoms with E-state index in [2.05, 4.69) is 4.98 Å². The first-order valence-corrected chi connectivity index (χ1v) is 6.30. The van der Waals surface area contributed by atoms with E-state index in [0.717, 1.165) is 11.8 Å². The smallest absolute Gasteiger partial charge is 0.270 e. The van der Waals surface area contributed by atoms with Crippen molar-refractivity contribution in [2.24, 2.45) is 0 Å². The van der Waals surface area contributed by atoms with Gasteiger partial charge in [0, 0.05) is 12.5 Å². The Hall–Kier alpha value is -2.10. The van der Waals surface area contributed by atoms with E-state index in [1.54, 1.807) is 24.3 Å². The second-order valence-corrected chi connectivity index (χ2v) is 5.25. The van der Waals surface area contributed by atoms with Gasteiger partial charge >= 0.3 is 0 Å². The van der Waals surface area contributed by atoms with Gasteiger partial charge in [0.1, 0.15) is 11.6 Å². The number of carbonyl (C=O) groups is 1. The summed E-state index contributed by atoms with van der Waals surface area (Å²) in [5, 5.41) is 9.97. The Morgan fingerprint density at radius 3 is 2.79 bits per heavy atom. The Morgan fingerprint density at radius 2 is 2.11 bits per heavy atom. The van der Waals surface area contributed by atoms with Crippen LogP contribution in [0.15, 0.2) is 34.1 Å². The first-order chi connectivity index (χ1) is 9.13. The number of rotatable bonds is 1. The summed E-state index contributed by atoms with van der Waals surface area (Å²) in [6.45, 7) is 0. The number of Topliss-reactive ketones (excluding diaryl/α,β-unsaturated/α-hetero) is 1. The molecular weight excluding hydrogens is 264 g/mol. The van der Waals surface area contributed by atoms with Crippen LogP contribution in [0.2, 0.25) is 0 Å². The number of nitrogens with zero attached hydrogens (tertiary/aromatic N) is 1. The predicted molar refractivity (Wildman–Crippen MR) is 70.1 cm³/mol. The van der Waals surface area contributed by atoms with E-state index in [1.807, 2.05) is 6.07 Å². The Kier molecular flexibility index (Phi) is 2.49. The molecule has 0 saturated heterocycles. The number of methoxy groups -OCH3 is 1. The number of carbonyl (C=O) groups excluding carboxylic acids is 1. The molecule has 1 aliphatic rings. The third kappa shape index (κ3) is 1.46. The average molecular weight is 272 g/mol. The molecule has 0 fully saturated rings. The molecule has 1 aliphatic heterocycles. The molecule has 19 heavy (non-hydrogen) atoms. The summed E-state index contributed by atoms with van der Waals surface area (Å²) >= 11 is 0.932. The summed E-state index contributed by atoms with van der Waals surface area (Å²) in [4.78, 5) is 25.9. The van der Waals surface area contributed by atoms with Crippen LogP contribution in [-0.4, -0.2) is 22.8 Å². The number of pyridine rings is 1. The molecule has 2 heterocycles. The number of H-pyrrole nitrogens is 1. The lowest BCUT2D eigenvalue weighted by Crippen LogP contribution is -2.33. The van der Waals surface area contributed by atoms with E-state index in [1.165, 1.54) is 7.11 Å². The van der Waals surface area contributed by atoms with Crippen molar-refractivity contribution in [3.8, 4) is 6.07 Å². The minimum atomic E-state index is -1.66. The average Bonchev–Trinajstić information content (AvgIpc) is 2.72. The highest BCUT2D eigenvalue weighted by Gasteiger charge is 2.50. The molecule has 1 aromatic carbocycles. The Bertz CT molecular complexity index is 806. The zero-order valence-electron chi connectivity index (χ0n) is 9.89. The lowest BCUT2D eigenvalue weighted by molar-refractivity contribution is 0.0663. The van der Waals surface area contributed by atoms with Gasteiger partial charge in [-0.2, -0.15) is 5.26 Å². The molecular formula is C13H8N2O3S. The number of aromatic nitrogens is 1. The topological polar surface area (TPSA) is 82.9 Å². The minimum absolute atomic E-state index is 0.00657. The number of para-hydroxylation sites is 1. The van der Waals surface area contributed by atoms with Gasteiger partial charge in [-0.1, -0.05) is 12.1 Å². The van der Waals surface area contributed by atoms with Gasteiger partial charge in [0.25, 0.3) is 4.93 Å². The van der Waals surface area contributed by atoms with Crippen LogP contribution in [0, 0.1) is 11.3 Å². The molecule has 1 aromatic heterocycles. The number of ether oxygens (including phenoxy) is 1. The molecule has 0 amide bonds. The van der Waals surface area contributed by atoms with Gasteiger partial charge in [-0.3, -0.25) is 9.59 Å². The maximum atomic E-state index is 12.3. The second-order valence-electron chi connectivity index (χ2n) is 4.07. The Balaban J connectivity index is 2.37. The molecule has 1 atom stereocenters. The van der Waals surface area contributed by atoms with E-state index >= 15 is 0 Å². The lowest BCUT2D eigenvalue weighted by Gasteiger charge is -2.13. The largest absolute Gasteiger partial charge is 0.349 e. The number of ketones is 1. The van der Waals surface area contributed by atoms with Gasteiger partial charge in [-0.15, -0.1) is 0 Å². The minimum Gasteiger partial charge on any atom is -0.349 e. The van der Waals surface area contributed by atoms with Gasteiger partial charge in [-0.25, -0.2) is 0 Å². The van der Waals surface area contributed by atoms with Crippen LogP contribution >= 0.6 is 11.8 Å². The van der Waals surface area contributed by atoms with Crippen molar-refractivity contribution in [2.75, 3.05) is 7.11 Å². The van der Waals surface area contributed by atoms with E-state index in [4.69, 9.17) is 10.00 Å². The molecule has 1 unspecified atom stereocenters. The number of nitrogens with one attached hydrogen (secondary N) is 1. The maximum absolute atomic E-state index is 12.3. The van der Waals surface area contributed by atoms with Gasteiger partial charge < -0.3 is 9.72 Å². The zero-order valence-corrected chi connectivity index (χ0v) is 10.7. The van der Waals surface area contributed by atoms with Crippen molar-refractivity contribution >= 4 is 28.4 Å². The van der Waals surface area contributed by atoms with Crippen LogP contribution in [0.4, 0.5) is 0 Å². The normalized spacial score (nSPS) is 21.4. The summed E-state index contributed by atoms with van der Waals surface area (Å²) < 4.78 is 5.02. The van der Waals surface area contributed by atoms with Crippen LogP contribution in [0.25, 0.3) is 10.9 Å². The first kappa shape index (κ1) is 12.0. The predicted octanol–water partition coefficient (Wildman–Crippen LogP) is 1.68. The van der Waals surface area contributed by atoms with E-state index < -0.39 is 10.7 Å². The lowest BCUT2D eigenvalue weighted by atomic mass is 10.1. The molecule has 94 valence electrons. The fourth-order valence-corrected chi connectivity index (χ4v) is 3.16. The summed E-state index contributed by atoms with van der Waals surface area (Å²) in [5.74, 6) is -0.593. The van der Waals surface area contributed by atoms with Gasteiger partial charge in [0.05, 0.1) is 10.5 Å². The standard InChI is InChI=1S/C13H8N2O3S/c1-18-13(6-14)11(17)9-10(16)7-4-2-3-5-8(7)15-12(9)19-13/h2-5H,1H3,(H,15,16). The molecule has 0 saturated carbocycles. The van der Waals surface area contributed by atoms with Crippen molar-refractivity contribution < 1.29 is 9.53 Å². The second kappa shape index (κ2) is 3.95. The van der Waals surface area contributed by atoms with E-state index in [0.29, 0.717) is 15.9 Å². The molecule has 0 bridgehead atoms. The highest BCUT2D eigenvalue weighted by molar-refractivity contribution is 8.02. The summed E-state index contributed by atoms with van der Waals surface area (Å²) in [6.07, 6.45) is 0. The SMILES string of the molecule is COC1(C#N)Sc2[nH]c3ccccc3c(=O)c2C1=O. The van der Waals surface area contributed by atoms with Crippen LogP contribution < -0.4 is 5.43 Å². The van der Waals surface area contributed by atoms with Crippen molar-refractivity contribution in [1.82, 2.24) is 4.98 Å². The number of nitriles is 1. The number of hydrogen-bond donors (Lipinski definition) is 1. The first-order valence-electron chi connectivity index (χ1n) is 5.48. The Labute approximate surface area is 112 Å². The van der Waals surface area contributed by atoms with Crippen LogP contribution in [0.5, 0.6) is 0 Å². The van der Waals surface area contributed by atoms with Crippen molar-refractivity contribution in [1.29, 1.82) is 5.26 Å². The summed E-state index contributed by atoms with van der Waals surface area (Å²) in [5.41, 5.74) is 0.277. The molecule has 6 heteroatoms. The quantitative estimate of drug-likeness (QED) is 0.854. The van der Waals surface area contributed by atoms with Crippen molar-refractivity contribution in [3.05, 3.63) is 40.1 Å². The fourth-order valence-electron chi connectivity index (χ4n) is 2.10. The fraction of sp³-hybridized carbons (Fsp3) is 0.154. The van der Waals surface area contributed by atoms with Crippen molar-refractivity contribution in [3.63, 3.8) is 0 Å². The number of thioether (sulfide) groups is 1. The van der Waals surface area contributed by atoms with Gasteiger partial charge in [0.15, 0.2) is 0 Å². The number of aromatic amines is 1.